The Hall–Kier alpha value is -2.54. The molecule has 38 heavy (non-hydrogen) atoms. The predicted molar refractivity (Wildman–Crippen MR) is 171 cm³/mol. The molecule has 0 heterocycles. The van der Waals surface area contributed by atoms with Gasteiger partial charge in [-0.25, -0.2) is 4.99 Å². The molecule has 0 fully saturated rings. The molecule has 0 rings (SSSR count). The number of guanidine groups is 3. The summed E-state index contributed by atoms with van der Waals surface area (Å²) in [6, 6.07) is 0. The summed E-state index contributed by atoms with van der Waals surface area (Å²) in [7, 11) is 0. The molecule has 0 unspecified atom stereocenters. The minimum atomic E-state index is -0.288. The largest absolute Gasteiger partial charge is 0.370 e. The maximum Gasteiger partial charge on any atom is 0.218 e. The van der Waals surface area contributed by atoms with Crippen LogP contribution in [0.1, 0.15) is 133 Å². The van der Waals surface area contributed by atoms with Gasteiger partial charge in [-0.2, -0.15) is 10.3 Å². The summed E-state index contributed by atoms with van der Waals surface area (Å²) in [5, 5.41) is 10.8. The zero-order chi connectivity index (χ0) is 30.8. The van der Waals surface area contributed by atoms with Crippen molar-refractivity contribution >= 4 is 17.9 Å². The van der Waals surface area contributed by atoms with Gasteiger partial charge >= 0.3 is 0 Å². The maximum atomic E-state index is 8.45. The van der Waals surface area contributed by atoms with Gasteiger partial charge in [0.15, 0.2) is 12.2 Å². The first-order valence-corrected chi connectivity index (χ1v) is 14.6. The summed E-state index contributed by atoms with van der Waals surface area (Å²) in [4.78, 5) is 11.9. The lowest BCUT2D eigenvalue weighted by Gasteiger charge is -2.20. The van der Waals surface area contributed by atoms with Crippen LogP contribution in [0.15, 0.2) is 15.0 Å². The van der Waals surface area contributed by atoms with Crippen LogP contribution in [0.2, 0.25) is 0 Å². The second-order valence-corrected chi connectivity index (χ2v) is 8.87. The second kappa shape index (κ2) is 36.6. The van der Waals surface area contributed by atoms with Gasteiger partial charge in [-0.1, -0.05) is 100 Å². The highest BCUT2D eigenvalue weighted by Crippen LogP contribution is 2.18. The van der Waals surface area contributed by atoms with Crippen molar-refractivity contribution in [1.29, 1.82) is 5.26 Å². The topological polar surface area (TPSA) is 203 Å². The van der Waals surface area contributed by atoms with Gasteiger partial charge < -0.3 is 28.7 Å². The van der Waals surface area contributed by atoms with Crippen molar-refractivity contribution in [1.82, 2.24) is 5.32 Å². The van der Waals surface area contributed by atoms with Gasteiger partial charge in [0.05, 0.1) is 5.54 Å². The Balaban J connectivity index is -0.000000189. The van der Waals surface area contributed by atoms with E-state index >= 15 is 0 Å². The number of aliphatic imine (C=N–C) groups is 3. The number of nitrogens with two attached hydrogens (primary N) is 5. The van der Waals surface area contributed by atoms with Gasteiger partial charge in [0.2, 0.25) is 11.9 Å². The van der Waals surface area contributed by atoms with E-state index in [9.17, 15) is 0 Å². The number of nitriles is 1. The average molecular weight is 543 g/mol. The van der Waals surface area contributed by atoms with Crippen molar-refractivity contribution in [2.45, 2.75) is 139 Å². The molecule has 0 aromatic carbocycles. The van der Waals surface area contributed by atoms with Crippen molar-refractivity contribution in [2.75, 3.05) is 13.1 Å². The van der Waals surface area contributed by atoms with Crippen LogP contribution in [-0.2, 0) is 0 Å². The summed E-state index contributed by atoms with van der Waals surface area (Å²) in [5.41, 5.74) is 26.5. The van der Waals surface area contributed by atoms with Gasteiger partial charge in [-0.05, 0) is 45.6 Å². The molecule has 0 radical (unpaired) electrons. The van der Waals surface area contributed by atoms with Gasteiger partial charge in [0.1, 0.15) is 0 Å². The van der Waals surface area contributed by atoms with Crippen molar-refractivity contribution in [3.05, 3.63) is 0 Å². The highest BCUT2D eigenvalue weighted by atomic mass is 15.1. The predicted octanol–water partition coefficient (Wildman–Crippen LogP) is 5.32. The minimum Gasteiger partial charge on any atom is -0.370 e. The molecule has 10 heteroatoms. The van der Waals surface area contributed by atoms with Crippen LogP contribution in [0.5, 0.6) is 0 Å². The summed E-state index contributed by atoms with van der Waals surface area (Å²) < 4.78 is 0. The first kappa shape index (κ1) is 45.4. The van der Waals surface area contributed by atoms with Gasteiger partial charge in [-0.15, -0.1) is 0 Å². The Bertz CT molecular complexity index is 587. The van der Waals surface area contributed by atoms with Crippen LogP contribution in [0, 0.1) is 17.4 Å². The number of rotatable bonds is 14. The third kappa shape index (κ3) is 46.8. The van der Waals surface area contributed by atoms with E-state index in [-0.39, 0.29) is 23.4 Å². The zero-order valence-corrected chi connectivity index (χ0v) is 26.7. The molecule has 0 saturated carbocycles. The standard InChI is InChI=1S/C13H27N9.C9H21N.3C2H6/c1-13(2,22-12(18)20-9-14)7-5-3-4-6-8-19-11(17)21-10(15)16;1-9(2)7-5-3-4-6-8-10;3*1-2/h3-8H2,1-2H3,(H3,18,20,22)(H6,15,16,17,19,21);9H,3-8,10H2,1-2H3;3*1-2H3. The molecule has 0 aliphatic rings. The van der Waals surface area contributed by atoms with E-state index in [1.807, 2.05) is 55.4 Å². The summed E-state index contributed by atoms with van der Waals surface area (Å²) in [5.74, 6) is 1.04. The van der Waals surface area contributed by atoms with E-state index in [0.29, 0.717) is 6.54 Å². The lowest BCUT2D eigenvalue weighted by atomic mass is 9.97. The van der Waals surface area contributed by atoms with Crippen molar-refractivity contribution in [3.8, 4) is 6.19 Å². The molecule has 11 N–H and O–H groups in total. The van der Waals surface area contributed by atoms with E-state index in [1.165, 1.54) is 32.1 Å². The Morgan fingerprint density at radius 2 is 1.32 bits per heavy atom. The molecular formula is C28H66N10. The molecule has 228 valence electrons. The van der Waals surface area contributed by atoms with E-state index in [0.717, 1.165) is 44.6 Å². The molecule has 0 spiro atoms. The smallest absolute Gasteiger partial charge is 0.218 e. The van der Waals surface area contributed by atoms with Gasteiger partial charge in [-0.3, -0.25) is 10.3 Å². The third-order valence-electron chi connectivity index (χ3n) is 4.56. The molecule has 0 aromatic rings. The Morgan fingerprint density at radius 3 is 1.79 bits per heavy atom. The SMILES string of the molecule is CC.CC.CC.CC(C)(CCCCCCN=C(N)N=C(N)N)N=C(N)NC#N.CC(C)CCCCCCN. The van der Waals surface area contributed by atoms with Crippen molar-refractivity contribution < 1.29 is 0 Å². The maximum absolute atomic E-state index is 8.45. The molecular weight excluding hydrogens is 476 g/mol. The Labute approximate surface area is 236 Å². The fraction of sp³-hybridized carbons (Fsp3) is 0.857. The van der Waals surface area contributed by atoms with Crippen LogP contribution >= 0.6 is 0 Å². The lowest BCUT2D eigenvalue weighted by Crippen LogP contribution is -2.32. The highest BCUT2D eigenvalue weighted by Gasteiger charge is 2.16. The fourth-order valence-corrected chi connectivity index (χ4v) is 2.90. The summed E-state index contributed by atoms with van der Waals surface area (Å²) >= 11 is 0. The summed E-state index contributed by atoms with van der Waals surface area (Å²) in [6.45, 7) is 22.0. The third-order valence-corrected chi connectivity index (χ3v) is 4.56. The first-order valence-electron chi connectivity index (χ1n) is 14.6. The summed E-state index contributed by atoms with van der Waals surface area (Å²) in [6.07, 6.45) is 13.3. The van der Waals surface area contributed by atoms with Crippen LogP contribution in [0.4, 0.5) is 0 Å². The molecule has 0 saturated heterocycles. The zero-order valence-electron chi connectivity index (χ0n) is 26.7. The molecule has 0 aliphatic carbocycles. The Morgan fingerprint density at radius 1 is 0.816 bits per heavy atom. The number of unbranched alkanes of at least 4 members (excludes halogenated alkanes) is 6. The Kier molecular flexibility index (Phi) is 43.7. The van der Waals surface area contributed by atoms with Crippen molar-refractivity contribution in [2.24, 2.45) is 49.6 Å². The molecule has 0 aliphatic heterocycles. The normalized spacial score (nSPS) is 10.6. The monoisotopic (exact) mass is 543 g/mol. The van der Waals surface area contributed by atoms with Gasteiger partial charge in [0, 0.05) is 6.54 Å². The van der Waals surface area contributed by atoms with Crippen LogP contribution in [0.3, 0.4) is 0 Å². The van der Waals surface area contributed by atoms with Crippen LogP contribution < -0.4 is 34.0 Å². The lowest BCUT2D eigenvalue weighted by molar-refractivity contribution is 0.445. The molecule has 0 amide bonds. The highest BCUT2D eigenvalue weighted by molar-refractivity contribution is 5.92. The quantitative estimate of drug-likeness (QED) is 0.0559. The molecule has 0 aromatic heterocycles. The van der Waals surface area contributed by atoms with Gasteiger partial charge in [0.25, 0.3) is 0 Å². The number of nitrogens with one attached hydrogen (secondary N) is 1. The van der Waals surface area contributed by atoms with E-state index in [1.54, 1.807) is 6.19 Å². The fourth-order valence-electron chi connectivity index (χ4n) is 2.90. The second-order valence-electron chi connectivity index (χ2n) is 8.87. The van der Waals surface area contributed by atoms with Crippen LogP contribution in [-0.4, -0.2) is 36.5 Å². The average Bonchev–Trinajstić information content (AvgIpc) is 2.86. The molecule has 0 atom stereocenters. The minimum absolute atomic E-state index is 0.0887. The number of hydrogen-bond donors (Lipinski definition) is 6. The van der Waals surface area contributed by atoms with Crippen LogP contribution in [0.25, 0.3) is 0 Å². The first-order chi connectivity index (χ1) is 18.0. The van der Waals surface area contributed by atoms with E-state index < -0.39 is 0 Å². The molecule has 0 bridgehead atoms. The number of nitrogens with zero attached hydrogens (tertiary/aromatic N) is 4. The number of hydrogen-bond acceptors (Lipinski definition) is 4. The van der Waals surface area contributed by atoms with E-state index in [2.05, 4.69) is 34.1 Å². The van der Waals surface area contributed by atoms with Crippen molar-refractivity contribution in [3.63, 3.8) is 0 Å². The van der Waals surface area contributed by atoms with E-state index in [4.69, 9.17) is 33.9 Å². The molecule has 10 nitrogen and oxygen atoms in total.